The third kappa shape index (κ3) is 4.09. The molecule has 0 bridgehead atoms. The van der Waals surface area contributed by atoms with E-state index in [0.717, 1.165) is 24.1 Å². The normalized spacial score (nSPS) is 26.8. The van der Waals surface area contributed by atoms with E-state index in [9.17, 15) is 14.4 Å². The molecule has 11 heteroatoms. The van der Waals surface area contributed by atoms with E-state index in [-0.39, 0.29) is 41.2 Å². The van der Waals surface area contributed by atoms with Crippen molar-refractivity contribution < 1.29 is 19.1 Å². The topological polar surface area (TPSA) is 114 Å². The maximum atomic E-state index is 13.6. The second-order valence-corrected chi connectivity index (χ2v) is 10.3. The number of hydrogen-bond acceptors (Lipinski definition) is 9. The molecule has 1 amide bonds. The summed E-state index contributed by atoms with van der Waals surface area (Å²) in [6.45, 7) is 0.333. The minimum absolute atomic E-state index is 0.0238. The van der Waals surface area contributed by atoms with E-state index in [1.807, 2.05) is 4.90 Å². The van der Waals surface area contributed by atoms with Crippen LogP contribution < -0.4 is 5.32 Å². The van der Waals surface area contributed by atoms with Gasteiger partial charge < -0.3 is 10.1 Å². The molecule has 2 aromatic heterocycles. The lowest BCUT2D eigenvalue weighted by atomic mass is 9.76. The monoisotopic (exact) mass is 489 g/mol. The fraction of sp³-hybridized carbons (Fsp3) is 0.545. The largest absolute Gasteiger partial charge is 0.367 e. The van der Waals surface area contributed by atoms with Gasteiger partial charge in [-0.25, -0.2) is 4.98 Å². The van der Waals surface area contributed by atoms with E-state index in [1.54, 1.807) is 24.5 Å². The number of carbonyl (C=O) groups excluding carboxylic acids is 3. The highest BCUT2D eigenvalue weighted by molar-refractivity contribution is 7.16. The van der Waals surface area contributed by atoms with Gasteiger partial charge in [0.25, 0.3) is 5.91 Å². The number of amides is 1. The predicted molar refractivity (Wildman–Crippen MR) is 121 cm³/mol. The van der Waals surface area contributed by atoms with E-state index >= 15 is 0 Å². The first kappa shape index (κ1) is 22.5. The van der Waals surface area contributed by atoms with Crippen LogP contribution in [-0.4, -0.2) is 80.3 Å². The summed E-state index contributed by atoms with van der Waals surface area (Å²) in [4.78, 5) is 45.8. The molecule has 2 aromatic rings. The average Bonchev–Trinajstić information content (AvgIpc) is 3.56. The summed E-state index contributed by atoms with van der Waals surface area (Å²) in [5, 5.41) is 10.5. The lowest BCUT2D eigenvalue weighted by Crippen LogP contribution is -2.61. The maximum Gasteiger partial charge on any atom is 0.280 e. The van der Waals surface area contributed by atoms with Crippen LogP contribution in [0.15, 0.2) is 24.5 Å². The molecule has 2 saturated heterocycles. The number of halogens is 1. The molecule has 9 nitrogen and oxygen atoms in total. The van der Waals surface area contributed by atoms with Gasteiger partial charge in [0.2, 0.25) is 0 Å². The minimum Gasteiger partial charge on any atom is -0.367 e. The third-order valence-electron chi connectivity index (χ3n) is 6.81. The lowest BCUT2D eigenvalue weighted by molar-refractivity contribution is -0.136. The Morgan fingerprint density at radius 2 is 2.12 bits per heavy atom. The number of nitrogens with one attached hydrogen (secondary N) is 1. The SMILES string of the molecule is O=C(NCC(=O)C1(N2C[C@H](Cl)[C@H]3OCC(=O)[C@H]32)CCCCC1)c1ncc(-c2cccnn2)s1. The molecule has 3 aliphatic rings. The number of fused-ring (bicyclic) bond motifs is 1. The van der Waals surface area contributed by atoms with Gasteiger partial charge in [-0.15, -0.1) is 28.0 Å². The van der Waals surface area contributed by atoms with Crippen molar-refractivity contribution in [3.63, 3.8) is 0 Å². The molecule has 3 fully saturated rings. The number of rotatable bonds is 6. The fourth-order valence-electron chi connectivity index (χ4n) is 5.23. The number of likely N-dealkylation sites (tertiary alicyclic amines) is 1. The first-order valence-electron chi connectivity index (χ1n) is 11.1. The summed E-state index contributed by atoms with van der Waals surface area (Å²) in [6.07, 6.45) is 6.90. The summed E-state index contributed by atoms with van der Waals surface area (Å²) in [7, 11) is 0. The molecular weight excluding hydrogens is 466 g/mol. The van der Waals surface area contributed by atoms with Crippen LogP contribution in [0, 0.1) is 0 Å². The Labute approximate surface area is 199 Å². The van der Waals surface area contributed by atoms with Gasteiger partial charge in [0.05, 0.1) is 28.4 Å². The molecule has 1 aliphatic carbocycles. The van der Waals surface area contributed by atoms with E-state index in [1.165, 1.54) is 11.3 Å². The molecule has 0 spiro atoms. The van der Waals surface area contributed by atoms with Crippen LogP contribution in [0.2, 0.25) is 0 Å². The summed E-state index contributed by atoms with van der Waals surface area (Å²) in [5.74, 6) is -0.529. The maximum absolute atomic E-state index is 13.6. The standard InChI is InChI=1S/C22H24ClN5O4S/c23-13-11-28(18-15(29)12-32-19(13)18)22(6-2-1-3-7-22)17(30)10-24-20(31)21-25-9-16(33-21)14-5-4-8-26-27-14/h4-5,8-9,13,18-19H,1-3,6-7,10-12H2,(H,24,31)/t13-,18+,19+/m0/s1. The number of alkyl halides is 1. The van der Waals surface area contributed by atoms with Gasteiger partial charge in [0.1, 0.15) is 18.3 Å². The number of ketones is 2. The Morgan fingerprint density at radius 3 is 2.88 bits per heavy atom. The average molecular weight is 490 g/mol. The molecule has 0 aromatic carbocycles. The van der Waals surface area contributed by atoms with Crippen LogP contribution in [-0.2, 0) is 14.3 Å². The molecule has 33 heavy (non-hydrogen) atoms. The molecule has 3 atom stereocenters. The Bertz CT molecular complexity index is 1060. The van der Waals surface area contributed by atoms with Gasteiger partial charge in [-0.2, -0.15) is 5.10 Å². The molecule has 174 valence electrons. The molecule has 0 radical (unpaired) electrons. The van der Waals surface area contributed by atoms with Crippen LogP contribution >= 0.6 is 22.9 Å². The zero-order valence-electron chi connectivity index (χ0n) is 17.9. The zero-order valence-corrected chi connectivity index (χ0v) is 19.5. The second-order valence-electron chi connectivity index (χ2n) is 8.69. The predicted octanol–water partition coefficient (Wildman–Crippen LogP) is 1.86. The number of carbonyl (C=O) groups is 3. The third-order valence-corrected chi connectivity index (χ3v) is 8.21. The van der Waals surface area contributed by atoms with Crippen molar-refractivity contribution in [3.8, 4) is 10.6 Å². The van der Waals surface area contributed by atoms with Crippen LogP contribution in [0.1, 0.15) is 41.9 Å². The van der Waals surface area contributed by atoms with E-state index in [4.69, 9.17) is 16.3 Å². The van der Waals surface area contributed by atoms with Gasteiger partial charge in [-0.3, -0.25) is 19.3 Å². The van der Waals surface area contributed by atoms with Crippen molar-refractivity contribution in [2.75, 3.05) is 19.7 Å². The summed E-state index contributed by atoms with van der Waals surface area (Å²) < 4.78 is 5.62. The first-order chi connectivity index (χ1) is 16.0. The zero-order chi connectivity index (χ0) is 23.0. The Hall–Kier alpha value is -2.27. The summed E-state index contributed by atoms with van der Waals surface area (Å²) in [6, 6.07) is 3.07. The minimum atomic E-state index is -0.810. The van der Waals surface area contributed by atoms with Gasteiger partial charge in [0.15, 0.2) is 16.6 Å². The fourth-order valence-corrected chi connectivity index (χ4v) is 6.39. The first-order valence-corrected chi connectivity index (χ1v) is 12.4. The second kappa shape index (κ2) is 9.17. The molecule has 0 unspecified atom stereocenters. The molecule has 1 saturated carbocycles. The number of ether oxygens (including phenoxy) is 1. The number of thiazole rings is 1. The Morgan fingerprint density at radius 1 is 1.30 bits per heavy atom. The Balaban J connectivity index is 1.30. The lowest BCUT2D eigenvalue weighted by Gasteiger charge is -2.45. The van der Waals surface area contributed by atoms with Crippen molar-refractivity contribution in [1.29, 1.82) is 0 Å². The van der Waals surface area contributed by atoms with E-state index in [2.05, 4.69) is 20.5 Å². The molecule has 4 heterocycles. The van der Waals surface area contributed by atoms with Crippen molar-refractivity contribution in [2.24, 2.45) is 0 Å². The van der Waals surface area contributed by atoms with Crippen molar-refractivity contribution in [2.45, 2.75) is 55.2 Å². The number of Topliss-reactive ketones (excluding diaryl/α,β-unsaturated/α-hetero) is 2. The Kier molecular flexibility index (Phi) is 6.26. The summed E-state index contributed by atoms with van der Waals surface area (Å²) in [5.41, 5.74) is -0.177. The van der Waals surface area contributed by atoms with Crippen molar-refractivity contribution >= 4 is 40.4 Å². The molecule has 5 rings (SSSR count). The van der Waals surface area contributed by atoms with Crippen LogP contribution in [0.3, 0.4) is 0 Å². The van der Waals surface area contributed by atoms with Crippen molar-refractivity contribution in [3.05, 3.63) is 29.5 Å². The highest BCUT2D eigenvalue weighted by Crippen LogP contribution is 2.42. The van der Waals surface area contributed by atoms with Crippen molar-refractivity contribution in [1.82, 2.24) is 25.4 Å². The molecule has 2 aliphatic heterocycles. The van der Waals surface area contributed by atoms with E-state index < -0.39 is 17.5 Å². The number of nitrogens with zero attached hydrogens (tertiary/aromatic N) is 4. The number of aromatic nitrogens is 3. The van der Waals surface area contributed by atoms with Gasteiger partial charge in [-0.1, -0.05) is 19.3 Å². The smallest absolute Gasteiger partial charge is 0.280 e. The summed E-state index contributed by atoms with van der Waals surface area (Å²) >= 11 is 7.70. The highest BCUT2D eigenvalue weighted by Gasteiger charge is 2.58. The molecule has 1 N–H and O–H groups in total. The van der Waals surface area contributed by atoms with Gasteiger partial charge >= 0.3 is 0 Å². The van der Waals surface area contributed by atoms with E-state index in [0.29, 0.717) is 25.1 Å². The van der Waals surface area contributed by atoms with Crippen LogP contribution in [0.5, 0.6) is 0 Å². The van der Waals surface area contributed by atoms with Crippen LogP contribution in [0.25, 0.3) is 10.6 Å². The van der Waals surface area contributed by atoms with Gasteiger partial charge in [-0.05, 0) is 25.0 Å². The molecular formula is C22H24ClN5O4S. The number of hydrogen-bond donors (Lipinski definition) is 1. The quantitative estimate of drug-likeness (QED) is 0.611. The van der Waals surface area contributed by atoms with Gasteiger partial charge in [0, 0.05) is 18.9 Å². The van der Waals surface area contributed by atoms with Crippen LogP contribution in [0.4, 0.5) is 0 Å². The highest BCUT2D eigenvalue weighted by atomic mass is 35.5.